The zero-order valence-corrected chi connectivity index (χ0v) is 7.42. The van der Waals surface area contributed by atoms with E-state index in [2.05, 4.69) is 4.98 Å². The number of hydrogen-bond donors (Lipinski definition) is 1. The van der Waals surface area contributed by atoms with Crippen molar-refractivity contribution in [2.75, 3.05) is 5.73 Å². The van der Waals surface area contributed by atoms with E-state index in [1.807, 2.05) is 0 Å². The standard InChI is InChI=1S/C7H4ClFN2S/c8-4-1-3(9)2-5-6(4)11-7(10)12-5/h1-2H,(H2,10,11). The van der Waals surface area contributed by atoms with Gasteiger partial charge >= 0.3 is 0 Å². The average molecular weight is 203 g/mol. The van der Waals surface area contributed by atoms with Crippen molar-refractivity contribution in [2.45, 2.75) is 0 Å². The highest BCUT2D eigenvalue weighted by Crippen LogP contribution is 2.30. The molecule has 1 aromatic carbocycles. The zero-order valence-electron chi connectivity index (χ0n) is 5.84. The first kappa shape index (κ1) is 7.76. The third kappa shape index (κ3) is 1.13. The lowest BCUT2D eigenvalue weighted by molar-refractivity contribution is 0.630. The SMILES string of the molecule is Nc1nc2c(Cl)cc(F)cc2s1. The van der Waals surface area contributed by atoms with Crippen LogP contribution in [0.2, 0.25) is 5.02 Å². The Bertz CT molecular complexity index is 440. The number of fused-ring (bicyclic) bond motifs is 1. The summed E-state index contributed by atoms with van der Waals surface area (Å²) in [5, 5.41) is 0.704. The minimum absolute atomic E-state index is 0.304. The minimum Gasteiger partial charge on any atom is -0.375 e. The summed E-state index contributed by atoms with van der Waals surface area (Å²) in [5.41, 5.74) is 6.01. The number of thiazole rings is 1. The molecule has 62 valence electrons. The number of benzene rings is 1. The van der Waals surface area contributed by atoms with E-state index < -0.39 is 0 Å². The minimum atomic E-state index is -0.365. The van der Waals surface area contributed by atoms with Crippen LogP contribution in [0.1, 0.15) is 0 Å². The molecule has 0 saturated heterocycles. The molecule has 1 aromatic heterocycles. The second-order valence-corrected chi connectivity index (χ2v) is 3.76. The summed E-state index contributed by atoms with van der Waals surface area (Å²) in [6, 6.07) is 2.60. The summed E-state index contributed by atoms with van der Waals surface area (Å²) < 4.78 is 13.4. The number of nitrogens with two attached hydrogens (primary N) is 1. The van der Waals surface area contributed by atoms with Crippen molar-refractivity contribution < 1.29 is 4.39 Å². The maximum Gasteiger partial charge on any atom is 0.181 e. The van der Waals surface area contributed by atoms with E-state index >= 15 is 0 Å². The molecule has 5 heteroatoms. The summed E-state index contributed by atoms with van der Waals surface area (Å²) >= 11 is 6.95. The van der Waals surface area contributed by atoms with Gasteiger partial charge in [0, 0.05) is 0 Å². The van der Waals surface area contributed by atoms with Crippen LogP contribution in [0.5, 0.6) is 0 Å². The Kier molecular flexibility index (Phi) is 1.66. The fourth-order valence-electron chi connectivity index (χ4n) is 0.974. The lowest BCUT2D eigenvalue weighted by atomic mass is 10.3. The average Bonchev–Trinajstić information content (AvgIpc) is 2.29. The van der Waals surface area contributed by atoms with E-state index in [1.165, 1.54) is 23.5 Å². The Morgan fingerprint density at radius 1 is 1.50 bits per heavy atom. The molecule has 0 aliphatic heterocycles. The van der Waals surface area contributed by atoms with Gasteiger partial charge in [0.05, 0.1) is 9.72 Å². The lowest BCUT2D eigenvalue weighted by Crippen LogP contribution is -1.80. The molecule has 0 atom stereocenters. The quantitative estimate of drug-likeness (QED) is 0.714. The first-order valence-electron chi connectivity index (χ1n) is 3.18. The van der Waals surface area contributed by atoms with E-state index in [0.29, 0.717) is 20.4 Å². The van der Waals surface area contributed by atoms with Crippen molar-refractivity contribution in [2.24, 2.45) is 0 Å². The third-order valence-electron chi connectivity index (χ3n) is 1.43. The van der Waals surface area contributed by atoms with E-state index in [9.17, 15) is 4.39 Å². The third-order valence-corrected chi connectivity index (χ3v) is 2.55. The molecule has 0 aliphatic rings. The smallest absolute Gasteiger partial charge is 0.181 e. The topological polar surface area (TPSA) is 38.9 Å². The molecule has 0 amide bonds. The molecular weight excluding hydrogens is 199 g/mol. The molecule has 0 radical (unpaired) electrons. The number of nitrogens with zero attached hydrogens (tertiary/aromatic N) is 1. The number of aromatic nitrogens is 1. The summed E-state index contributed by atoms with van der Waals surface area (Å²) in [7, 11) is 0. The largest absolute Gasteiger partial charge is 0.375 e. The molecule has 0 bridgehead atoms. The number of anilines is 1. The van der Waals surface area contributed by atoms with Gasteiger partial charge in [0.25, 0.3) is 0 Å². The van der Waals surface area contributed by atoms with Crippen LogP contribution in [0.25, 0.3) is 10.2 Å². The van der Waals surface area contributed by atoms with Crippen LogP contribution < -0.4 is 5.73 Å². The molecule has 12 heavy (non-hydrogen) atoms. The van der Waals surface area contributed by atoms with Crippen LogP contribution >= 0.6 is 22.9 Å². The van der Waals surface area contributed by atoms with Gasteiger partial charge in [-0.2, -0.15) is 0 Å². The monoisotopic (exact) mass is 202 g/mol. The van der Waals surface area contributed by atoms with Gasteiger partial charge in [-0.25, -0.2) is 9.37 Å². The van der Waals surface area contributed by atoms with Crippen molar-refractivity contribution in [3.63, 3.8) is 0 Å². The van der Waals surface area contributed by atoms with E-state index in [0.717, 1.165) is 0 Å². The second kappa shape index (κ2) is 2.57. The normalized spacial score (nSPS) is 10.8. The van der Waals surface area contributed by atoms with E-state index in [-0.39, 0.29) is 5.82 Å². The predicted molar refractivity (Wildman–Crippen MR) is 49.0 cm³/mol. The highest BCUT2D eigenvalue weighted by atomic mass is 35.5. The van der Waals surface area contributed by atoms with Gasteiger partial charge in [-0.1, -0.05) is 22.9 Å². The highest BCUT2D eigenvalue weighted by molar-refractivity contribution is 7.22. The fraction of sp³-hybridized carbons (Fsp3) is 0. The first-order chi connectivity index (χ1) is 5.66. The predicted octanol–water partition coefficient (Wildman–Crippen LogP) is 2.67. The van der Waals surface area contributed by atoms with Gasteiger partial charge in [0.2, 0.25) is 0 Å². The van der Waals surface area contributed by atoms with Crippen LogP contribution in [0.3, 0.4) is 0 Å². The van der Waals surface area contributed by atoms with E-state index in [1.54, 1.807) is 0 Å². The van der Waals surface area contributed by atoms with Gasteiger partial charge < -0.3 is 5.73 Å². The maximum absolute atomic E-state index is 12.8. The van der Waals surface area contributed by atoms with Crippen LogP contribution in [0, 0.1) is 5.82 Å². The van der Waals surface area contributed by atoms with Gasteiger partial charge in [-0.3, -0.25) is 0 Å². The van der Waals surface area contributed by atoms with Crippen LogP contribution in [-0.4, -0.2) is 4.98 Å². The van der Waals surface area contributed by atoms with Gasteiger partial charge in [-0.15, -0.1) is 0 Å². The number of hydrogen-bond acceptors (Lipinski definition) is 3. The van der Waals surface area contributed by atoms with Crippen molar-refractivity contribution in [3.8, 4) is 0 Å². The Hall–Kier alpha value is -0.870. The Morgan fingerprint density at radius 3 is 3.00 bits per heavy atom. The van der Waals surface area contributed by atoms with Crippen LogP contribution in [0.15, 0.2) is 12.1 Å². The van der Waals surface area contributed by atoms with Crippen LogP contribution in [-0.2, 0) is 0 Å². The van der Waals surface area contributed by atoms with Crippen molar-refractivity contribution in [1.82, 2.24) is 4.98 Å². The first-order valence-corrected chi connectivity index (χ1v) is 4.37. The molecular formula is C7H4ClFN2S. The highest BCUT2D eigenvalue weighted by Gasteiger charge is 2.06. The van der Waals surface area contributed by atoms with Crippen LogP contribution in [0.4, 0.5) is 9.52 Å². The molecule has 1 heterocycles. The second-order valence-electron chi connectivity index (χ2n) is 2.29. The number of halogens is 2. The molecule has 0 aliphatic carbocycles. The number of nitrogen functional groups attached to an aromatic ring is 1. The summed E-state index contributed by atoms with van der Waals surface area (Å²) in [6.07, 6.45) is 0. The summed E-state index contributed by atoms with van der Waals surface area (Å²) in [6.45, 7) is 0. The number of rotatable bonds is 0. The van der Waals surface area contributed by atoms with Crippen molar-refractivity contribution in [3.05, 3.63) is 23.0 Å². The zero-order chi connectivity index (χ0) is 8.72. The Balaban J connectivity index is 2.88. The van der Waals surface area contributed by atoms with Gasteiger partial charge in [-0.05, 0) is 12.1 Å². The molecule has 2 nitrogen and oxygen atoms in total. The molecule has 0 fully saturated rings. The van der Waals surface area contributed by atoms with Crippen molar-refractivity contribution in [1.29, 1.82) is 0 Å². The Morgan fingerprint density at radius 2 is 2.25 bits per heavy atom. The molecule has 2 aromatic rings. The molecule has 2 rings (SSSR count). The summed E-state index contributed by atoms with van der Waals surface area (Å²) in [5.74, 6) is -0.365. The molecule has 0 saturated carbocycles. The fourth-order valence-corrected chi connectivity index (χ4v) is 2.06. The summed E-state index contributed by atoms with van der Waals surface area (Å²) in [4.78, 5) is 3.95. The van der Waals surface area contributed by atoms with Gasteiger partial charge in [0.1, 0.15) is 11.3 Å². The van der Waals surface area contributed by atoms with E-state index in [4.69, 9.17) is 17.3 Å². The molecule has 0 unspecified atom stereocenters. The van der Waals surface area contributed by atoms with Crippen molar-refractivity contribution >= 4 is 38.3 Å². The van der Waals surface area contributed by atoms with Gasteiger partial charge in [0.15, 0.2) is 5.13 Å². The molecule has 2 N–H and O–H groups in total. The lowest BCUT2D eigenvalue weighted by Gasteiger charge is -1.91. The maximum atomic E-state index is 12.8. The Labute approximate surface area is 76.8 Å². The molecule has 0 spiro atoms.